The Morgan fingerprint density at radius 3 is 1.34 bits per heavy atom. The molecule has 0 N–H and O–H groups in total. The van der Waals surface area contributed by atoms with Crippen molar-refractivity contribution in [2.45, 2.75) is 177 Å². The van der Waals surface area contributed by atoms with Gasteiger partial charge in [-0.1, -0.05) is 211 Å². The van der Waals surface area contributed by atoms with Crippen molar-refractivity contribution in [1.29, 1.82) is 0 Å². The van der Waals surface area contributed by atoms with E-state index in [-0.39, 0.29) is 0 Å². The predicted octanol–water partition coefficient (Wildman–Crippen LogP) is 18.9. The molecule has 22 rings (SSSR count). The number of rotatable bonds is 0. The molecule has 7 aromatic heterocycles. The molecule has 0 atom stereocenters. The number of fused-ring (bicyclic) bond motifs is 13. The summed E-state index contributed by atoms with van der Waals surface area (Å²) >= 11 is 0. The lowest BCUT2D eigenvalue weighted by atomic mass is 10.1. The summed E-state index contributed by atoms with van der Waals surface area (Å²) < 4.78 is 0. The first-order valence-electron chi connectivity index (χ1n) is 41.5. The van der Waals surface area contributed by atoms with Crippen LogP contribution < -0.4 is 32.1 Å². The van der Waals surface area contributed by atoms with Crippen molar-refractivity contribution < 1.29 is 0 Å². The first-order valence-corrected chi connectivity index (χ1v) is 41.5. The highest BCUT2D eigenvalue weighted by Crippen LogP contribution is 2.24. The molecule has 25 heteroatoms. The standard InChI is InChI=1S/2C9H7N3.3C8H6N2.2C7H6N2.3C6H5N3.10C2H6/c1-2-10-7-4-9-8(3-6(1)7)11-5-12-9;1-2-7-9(12-5-11-7)8-6(1)3-4-10-8;1-2-4-8-6-10-9-5-7(8)3-1;1-2-4-8-7(3-1)9-5-6-10-8;1-2-4-8-7(3-1)5-6-9-10-8;1-4-9-7-2-3-8-5-6(1)7;1-2-4-7-6(3-1)8-5-9-7;1-2-8-6-3-7-4-9-5(1)6;1-2-7-6-4-9-8-3-5(1)6;1-2-8-6-5(1)7-3-4-9-6;10*1-2/h2-4H,1,5H2;1-2,4H,3,5H2;3*1-6H;2-5H,1H2;1-4H,5H2;3*2-4H,1H2;10*1-2H3. The minimum Gasteiger partial charge on any atom is -0.264 e. The lowest BCUT2D eigenvalue weighted by Gasteiger charge is -1.93. The summed E-state index contributed by atoms with van der Waals surface area (Å²) in [6.07, 6.45) is 39.0. The first kappa shape index (κ1) is 99.7. The van der Waals surface area contributed by atoms with Crippen molar-refractivity contribution in [3.05, 3.63) is 280 Å². The van der Waals surface area contributed by atoms with Gasteiger partial charge in [-0.3, -0.25) is 74.9 Å². The van der Waals surface area contributed by atoms with Crippen LogP contribution in [0.3, 0.4) is 0 Å². The molecule has 9 aliphatic rings. The van der Waals surface area contributed by atoms with Gasteiger partial charge in [0.05, 0.1) is 115 Å². The largest absolute Gasteiger partial charge is 0.264 e. The van der Waals surface area contributed by atoms with Crippen LogP contribution >= 0.6 is 0 Å². The Labute approximate surface area is 702 Å². The lowest BCUT2D eigenvalue weighted by Crippen LogP contribution is -2.21. The van der Waals surface area contributed by atoms with E-state index in [0.717, 1.165) is 149 Å². The van der Waals surface area contributed by atoms with E-state index in [4.69, 9.17) is 0 Å². The van der Waals surface area contributed by atoms with Crippen molar-refractivity contribution in [1.82, 2.24) is 65.5 Å². The summed E-state index contributed by atoms with van der Waals surface area (Å²) in [6.45, 7) is 41.8. The van der Waals surface area contributed by atoms with E-state index < -0.39 is 0 Å². The number of aliphatic imine (C=N–C) groups is 6. The third-order valence-corrected chi connectivity index (χ3v) is 15.3. The molecule has 16 heterocycles. The van der Waals surface area contributed by atoms with E-state index in [9.17, 15) is 0 Å². The Morgan fingerprint density at radius 2 is 0.723 bits per heavy atom. The molecule has 0 amide bonds. The van der Waals surface area contributed by atoms with Gasteiger partial charge in [-0.05, 0) is 71.8 Å². The number of para-hydroxylation sites is 4. The molecule has 0 unspecified atom stereocenters. The van der Waals surface area contributed by atoms with Crippen LogP contribution in [0.2, 0.25) is 0 Å². The van der Waals surface area contributed by atoms with Crippen LogP contribution in [0, 0.1) is 0 Å². The third kappa shape index (κ3) is 33.0. The van der Waals surface area contributed by atoms with Gasteiger partial charge in [-0.2, -0.15) is 30.6 Å². The number of hydrogen-bond donors (Lipinski definition) is 0. The van der Waals surface area contributed by atoms with Crippen LogP contribution in [0.5, 0.6) is 0 Å². The van der Waals surface area contributed by atoms with Gasteiger partial charge < -0.3 is 0 Å². The van der Waals surface area contributed by atoms with Crippen LogP contribution in [-0.4, -0.2) is 123 Å². The van der Waals surface area contributed by atoms with Crippen LogP contribution in [0.1, 0.15) is 172 Å². The van der Waals surface area contributed by atoms with Gasteiger partial charge in [0.15, 0.2) is 5.82 Å². The van der Waals surface area contributed by atoms with Crippen molar-refractivity contribution in [3.63, 3.8) is 0 Å². The van der Waals surface area contributed by atoms with Gasteiger partial charge in [0.2, 0.25) is 0 Å². The van der Waals surface area contributed by atoms with Gasteiger partial charge >= 0.3 is 0 Å². The highest BCUT2D eigenvalue weighted by molar-refractivity contribution is 5.81. The summed E-state index contributed by atoms with van der Waals surface area (Å²) in [6, 6.07) is 43.7. The zero-order valence-electron chi connectivity index (χ0n) is 73.2. The molecule has 0 aliphatic carbocycles. The zero-order chi connectivity index (χ0) is 86.9. The molecule has 0 radical (unpaired) electrons. The molecule has 9 aliphatic heterocycles. The van der Waals surface area contributed by atoms with E-state index >= 15 is 0 Å². The highest BCUT2D eigenvalue weighted by Gasteiger charge is 2.13. The van der Waals surface area contributed by atoms with Gasteiger partial charge in [-0.15, -0.1) is 0 Å². The van der Waals surface area contributed by atoms with E-state index in [0.29, 0.717) is 20.0 Å². The molecule has 13 aromatic rings. The maximum Gasteiger partial charge on any atom is 0.173 e. The Balaban J connectivity index is 0.000000334. The molecule has 0 bridgehead atoms. The summed E-state index contributed by atoms with van der Waals surface area (Å²) in [7, 11) is 0. The number of pyridine rings is 1. The summed E-state index contributed by atoms with van der Waals surface area (Å²) in [5, 5.41) is 32.1. The van der Waals surface area contributed by atoms with Crippen molar-refractivity contribution in [2.75, 3.05) is 20.0 Å². The summed E-state index contributed by atoms with van der Waals surface area (Å²) in [5.41, 5.74) is 14.9. The van der Waals surface area contributed by atoms with E-state index in [1.807, 2.05) is 303 Å². The molecule has 119 heavy (non-hydrogen) atoms. The minimum atomic E-state index is 0.571. The van der Waals surface area contributed by atoms with E-state index in [1.165, 1.54) is 22.3 Å². The van der Waals surface area contributed by atoms with Crippen LogP contribution in [0.25, 0.3) is 32.7 Å². The third-order valence-electron chi connectivity index (χ3n) is 15.3. The molecule has 0 spiro atoms. The Kier molecular flexibility index (Phi) is 52.7. The average Bonchev–Trinajstić information content (AvgIpc) is 1.66. The van der Waals surface area contributed by atoms with Gasteiger partial charge in [0, 0.05) is 140 Å². The normalized spacial score (nSPS) is 11.6. The molecule has 0 saturated carbocycles. The quantitative estimate of drug-likeness (QED) is 0.136. The predicted molar refractivity (Wildman–Crippen MR) is 494 cm³/mol. The average molecular weight is 1600 g/mol. The smallest absolute Gasteiger partial charge is 0.173 e. The van der Waals surface area contributed by atoms with Crippen LogP contribution in [0.4, 0.5) is 34.3 Å². The Bertz CT molecular complexity index is 5010. The monoisotopic (exact) mass is 1600 g/mol. The molecular weight excluding hydrogens is 1480 g/mol. The van der Waals surface area contributed by atoms with Crippen LogP contribution in [-0.2, 0) is 38.5 Å². The Morgan fingerprint density at radius 1 is 0.252 bits per heavy atom. The number of hydrogen-bond acceptors (Lipinski definition) is 25. The SMILES string of the molecule is C1=Nc2c(ccc3c2=NCN=3)C1.C1=Nc2cc3c(cc2C1)=NCN=3.C1=Nc2ccncc2C1.C1=Nc2cncnc2C1.C1=Nc2cnncc2C1.C1=Nc2nccnc2C1.CC.CC.CC.CC.CC.CC.CC.CC.CC.CC.c1ccc2c(c1)=NCN=2.c1ccc2cnncc2c1.c1ccc2nccnc2c1.c1ccc2nnccc2c1. The van der Waals surface area contributed by atoms with Crippen molar-refractivity contribution in [3.8, 4) is 0 Å². The highest BCUT2D eigenvalue weighted by atomic mass is 15.1. The number of benzene rings is 6. The minimum absolute atomic E-state index is 0.571. The maximum absolute atomic E-state index is 4.29. The fraction of sp³-hybridized carbons (Fsp3) is 0.309. The molecule has 25 nitrogen and oxygen atoms in total. The number of aromatic nitrogens is 13. The second kappa shape index (κ2) is 62.9. The Hall–Kier alpha value is -13.5. The summed E-state index contributed by atoms with van der Waals surface area (Å²) in [5.74, 6) is 0.775. The van der Waals surface area contributed by atoms with Gasteiger partial charge in [-0.25, -0.2) is 19.9 Å². The van der Waals surface area contributed by atoms with Gasteiger partial charge in [0.1, 0.15) is 37.4 Å². The second-order valence-corrected chi connectivity index (χ2v) is 21.7. The van der Waals surface area contributed by atoms with E-state index in [2.05, 4.69) is 138 Å². The maximum atomic E-state index is 4.29. The van der Waals surface area contributed by atoms with E-state index in [1.54, 1.807) is 74.5 Å². The molecule has 0 saturated heterocycles. The first-order chi connectivity index (χ1) is 59.1. The fourth-order valence-corrected chi connectivity index (χ4v) is 10.4. The second-order valence-electron chi connectivity index (χ2n) is 21.7. The van der Waals surface area contributed by atoms with Gasteiger partial charge in [0.25, 0.3) is 0 Å². The zero-order valence-corrected chi connectivity index (χ0v) is 73.2. The number of nitrogens with zero attached hydrogens (tertiary/aromatic N) is 25. The molecule has 6 aromatic carbocycles. The fourth-order valence-electron chi connectivity index (χ4n) is 10.4. The molecule has 620 valence electrons. The van der Waals surface area contributed by atoms with Crippen molar-refractivity contribution in [2.24, 2.45) is 59.9 Å². The van der Waals surface area contributed by atoms with Crippen LogP contribution in [0.15, 0.2) is 274 Å². The topological polar surface area (TPSA) is 316 Å². The molecule has 0 fully saturated rings. The lowest BCUT2D eigenvalue weighted by molar-refractivity contribution is 1.01. The van der Waals surface area contributed by atoms with Crippen molar-refractivity contribution >= 4 is 104 Å². The molecular formula is C94H119N25. The summed E-state index contributed by atoms with van der Waals surface area (Å²) in [4.78, 5) is 78.2.